The van der Waals surface area contributed by atoms with Crippen LogP contribution in [0.2, 0.25) is 0 Å². The number of nitrogens with one attached hydrogen (secondary N) is 1. The van der Waals surface area contributed by atoms with E-state index in [0.717, 1.165) is 37.6 Å². The van der Waals surface area contributed by atoms with Crippen molar-refractivity contribution in [3.63, 3.8) is 0 Å². The Kier molecular flexibility index (Phi) is 3.37. The molecule has 0 saturated carbocycles. The van der Waals surface area contributed by atoms with Crippen LogP contribution in [0.25, 0.3) is 0 Å². The van der Waals surface area contributed by atoms with Crippen LogP contribution in [0, 0.1) is 0 Å². The van der Waals surface area contributed by atoms with Gasteiger partial charge in [0.25, 0.3) is 0 Å². The summed E-state index contributed by atoms with van der Waals surface area (Å²) >= 11 is 0. The highest BCUT2D eigenvalue weighted by molar-refractivity contribution is 5.44. The Labute approximate surface area is 114 Å². The molecule has 4 heteroatoms. The molecule has 1 aromatic carbocycles. The van der Waals surface area contributed by atoms with E-state index in [1.165, 1.54) is 5.56 Å². The van der Waals surface area contributed by atoms with E-state index in [1.54, 1.807) is 0 Å². The normalized spacial score (nSPS) is 27.3. The molecular formula is C15H22N2O2. The average Bonchev–Trinajstić information content (AvgIpc) is 2.42. The lowest BCUT2D eigenvalue weighted by molar-refractivity contribution is 0.105. The van der Waals surface area contributed by atoms with Crippen molar-refractivity contribution in [2.75, 3.05) is 39.9 Å². The second-order valence-electron chi connectivity index (χ2n) is 5.75. The summed E-state index contributed by atoms with van der Waals surface area (Å²) < 4.78 is 11.2. The Hall–Kier alpha value is -1.26. The van der Waals surface area contributed by atoms with Crippen molar-refractivity contribution in [2.45, 2.75) is 18.9 Å². The van der Waals surface area contributed by atoms with Crippen LogP contribution >= 0.6 is 0 Å². The number of benzene rings is 1. The van der Waals surface area contributed by atoms with Gasteiger partial charge in [-0.3, -0.25) is 4.90 Å². The molecule has 2 heterocycles. The van der Waals surface area contributed by atoms with Crippen molar-refractivity contribution in [1.82, 2.24) is 10.2 Å². The quantitative estimate of drug-likeness (QED) is 0.871. The summed E-state index contributed by atoms with van der Waals surface area (Å²) in [4.78, 5) is 2.44. The van der Waals surface area contributed by atoms with Gasteiger partial charge in [-0.1, -0.05) is 6.07 Å². The van der Waals surface area contributed by atoms with E-state index in [0.29, 0.717) is 13.2 Å². The molecular weight excluding hydrogens is 240 g/mol. The largest absolute Gasteiger partial charge is 0.486 e. The van der Waals surface area contributed by atoms with E-state index in [1.807, 2.05) is 6.07 Å². The minimum Gasteiger partial charge on any atom is -0.486 e. The fraction of sp³-hybridized carbons (Fsp3) is 0.600. The zero-order chi connectivity index (χ0) is 13.3. The number of nitrogens with zero attached hydrogens (tertiary/aromatic N) is 1. The predicted octanol–water partition coefficient (Wildman–Crippen LogP) is 1.29. The SMILES string of the molecule is CN1CCNCC1(C)Cc1ccc2c(c1)OCCO2. The molecule has 0 radical (unpaired) electrons. The topological polar surface area (TPSA) is 33.7 Å². The molecule has 1 fully saturated rings. The number of rotatable bonds is 2. The van der Waals surface area contributed by atoms with Gasteiger partial charge in [0.05, 0.1) is 0 Å². The molecule has 1 atom stereocenters. The zero-order valence-corrected chi connectivity index (χ0v) is 11.7. The van der Waals surface area contributed by atoms with Crippen LogP contribution in [0.3, 0.4) is 0 Å². The predicted molar refractivity (Wildman–Crippen MR) is 75.0 cm³/mol. The van der Waals surface area contributed by atoms with Crippen LogP contribution in [0.4, 0.5) is 0 Å². The maximum Gasteiger partial charge on any atom is 0.161 e. The molecule has 1 aromatic rings. The molecule has 19 heavy (non-hydrogen) atoms. The fourth-order valence-electron chi connectivity index (χ4n) is 2.84. The number of fused-ring (bicyclic) bond motifs is 1. The zero-order valence-electron chi connectivity index (χ0n) is 11.7. The summed E-state index contributed by atoms with van der Waals surface area (Å²) in [5.74, 6) is 1.76. The highest BCUT2D eigenvalue weighted by atomic mass is 16.6. The van der Waals surface area contributed by atoms with E-state index in [9.17, 15) is 0 Å². The van der Waals surface area contributed by atoms with Crippen molar-refractivity contribution in [1.29, 1.82) is 0 Å². The molecule has 0 bridgehead atoms. The molecule has 3 rings (SSSR count). The summed E-state index contributed by atoms with van der Waals surface area (Å²) in [6.07, 6.45) is 1.02. The first-order valence-corrected chi connectivity index (χ1v) is 6.98. The lowest BCUT2D eigenvalue weighted by atomic mass is 9.89. The Bertz CT molecular complexity index is 463. The van der Waals surface area contributed by atoms with Gasteiger partial charge in [0.15, 0.2) is 11.5 Å². The molecule has 2 aliphatic rings. The van der Waals surface area contributed by atoms with Crippen molar-refractivity contribution in [3.8, 4) is 11.5 Å². The van der Waals surface area contributed by atoms with Crippen LogP contribution < -0.4 is 14.8 Å². The van der Waals surface area contributed by atoms with Gasteiger partial charge in [-0.05, 0) is 38.1 Å². The van der Waals surface area contributed by atoms with E-state index >= 15 is 0 Å². The first-order valence-electron chi connectivity index (χ1n) is 6.98. The monoisotopic (exact) mass is 262 g/mol. The molecule has 2 aliphatic heterocycles. The van der Waals surface area contributed by atoms with Gasteiger partial charge in [-0.15, -0.1) is 0 Å². The maximum atomic E-state index is 5.66. The number of piperazine rings is 1. The molecule has 104 valence electrons. The van der Waals surface area contributed by atoms with Crippen LogP contribution in [0.5, 0.6) is 11.5 Å². The van der Waals surface area contributed by atoms with E-state index in [2.05, 4.69) is 36.3 Å². The molecule has 0 amide bonds. The van der Waals surface area contributed by atoms with Crippen molar-refractivity contribution < 1.29 is 9.47 Å². The summed E-state index contributed by atoms with van der Waals surface area (Å²) in [6.45, 7) is 6.81. The molecule has 1 saturated heterocycles. The Morgan fingerprint density at radius 3 is 2.84 bits per heavy atom. The fourth-order valence-corrected chi connectivity index (χ4v) is 2.84. The molecule has 0 spiro atoms. The molecule has 4 nitrogen and oxygen atoms in total. The number of hydrogen-bond donors (Lipinski definition) is 1. The molecule has 0 aliphatic carbocycles. The minimum absolute atomic E-state index is 0.169. The van der Waals surface area contributed by atoms with Gasteiger partial charge in [-0.2, -0.15) is 0 Å². The molecule has 1 N–H and O–H groups in total. The summed E-state index contributed by atoms with van der Waals surface area (Å²) in [5.41, 5.74) is 1.48. The van der Waals surface area contributed by atoms with Gasteiger partial charge >= 0.3 is 0 Å². The second kappa shape index (κ2) is 5.02. The maximum absolute atomic E-state index is 5.66. The highest BCUT2D eigenvalue weighted by Crippen LogP contribution is 2.32. The van der Waals surface area contributed by atoms with Crippen LogP contribution in [-0.2, 0) is 6.42 Å². The molecule has 0 aromatic heterocycles. The van der Waals surface area contributed by atoms with Gasteiger partial charge in [0.2, 0.25) is 0 Å². The smallest absolute Gasteiger partial charge is 0.161 e. The third kappa shape index (κ3) is 2.55. The first kappa shape index (κ1) is 12.8. The van der Waals surface area contributed by atoms with Crippen LogP contribution in [0.15, 0.2) is 18.2 Å². The number of likely N-dealkylation sites (N-methyl/N-ethyl adjacent to an activating group) is 1. The summed E-state index contributed by atoms with van der Waals surface area (Å²) in [5, 5.41) is 3.49. The average molecular weight is 262 g/mol. The van der Waals surface area contributed by atoms with Crippen LogP contribution in [-0.4, -0.2) is 50.3 Å². The number of ether oxygens (including phenoxy) is 2. The van der Waals surface area contributed by atoms with Crippen molar-refractivity contribution in [2.24, 2.45) is 0 Å². The lowest BCUT2D eigenvalue weighted by Gasteiger charge is -2.43. The van der Waals surface area contributed by atoms with E-state index < -0.39 is 0 Å². The summed E-state index contributed by atoms with van der Waals surface area (Å²) in [7, 11) is 2.21. The van der Waals surface area contributed by atoms with E-state index in [4.69, 9.17) is 9.47 Å². The lowest BCUT2D eigenvalue weighted by Crippen LogP contribution is -2.59. The molecule has 1 unspecified atom stereocenters. The Morgan fingerprint density at radius 1 is 1.26 bits per heavy atom. The Morgan fingerprint density at radius 2 is 2.05 bits per heavy atom. The van der Waals surface area contributed by atoms with Crippen molar-refractivity contribution >= 4 is 0 Å². The van der Waals surface area contributed by atoms with E-state index in [-0.39, 0.29) is 5.54 Å². The third-order valence-corrected chi connectivity index (χ3v) is 4.24. The van der Waals surface area contributed by atoms with Crippen molar-refractivity contribution in [3.05, 3.63) is 23.8 Å². The van der Waals surface area contributed by atoms with Gasteiger partial charge in [0, 0.05) is 25.2 Å². The van der Waals surface area contributed by atoms with Gasteiger partial charge in [0.1, 0.15) is 13.2 Å². The Balaban J connectivity index is 1.79. The van der Waals surface area contributed by atoms with Crippen LogP contribution in [0.1, 0.15) is 12.5 Å². The first-order chi connectivity index (χ1) is 9.17. The third-order valence-electron chi connectivity index (χ3n) is 4.24. The second-order valence-corrected chi connectivity index (χ2v) is 5.75. The summed E-state index contributed by atoms with van der Waals surface area (Å²) in [6, 6.07) is 6.31. The van der Waals surface area contributed by atoms with Gasteiger partial charge < -0.3 is 14.8 Å². The minimum atomic E-state index is 0.169. The number of hydrogen-bond acceptors (Lipinski definition) is 4. The highest BCUT2D eigenvalue weighted by Gasteiger charge is 2.32. The van der Waals surface area contributed by atoms with Gasteiger partial charge in [-0.25, -0.2) is 0 Å². The standard InChI is InChI=1S/C15H22N2O2/c1-15(11-16-5-6-17(15)2)10-12-3-4-13-14(9-12)19-8-7-18-13/h3-4,9,16H,5-8,10-11H2,1-2H3.